The summed E-state index contributed by atoms with van der Waals surface area (Å²) in [6.07, 6.45) is 3.88. The number of aliphatic carboxylic acids is 1. The Bertz CT molecular complexity index is 352. The molecule has 0 aliphatic heterocycles. The van der Waals surface area contributed by atoms with Gasteiger partial charge in [0.05, 0.1) is 6.42 Å². The molecule has 6 nitrogen and oxygen atoms in total. The minimum absolute atomic E-state index is 0.0120. The molecule has 1 saturated carbocycles. The second-order valence-electron chi connectivity index (χ2n) is 6.69. The normalized spacial score (nSPS) is 24.8. The van der Waals surface area contributed by atoms with Crippen molar-refractivity contribution in [2.24, 2.45) is 11.1 Å². The van der Waals surface area contributed by atoms with Gasteiger partial charge in [0.2, 0.25) is 0 Å². The van der Waals surface area contributed by atoms with E-state index in [2.05, 4.69) is 10.6 Å². The van der Waals surface area contributed by atoms with Crippen LogP contribution in [-0.4, -0.2) is 35.2 Å². The highest BCUT2D eigenvalue weighted by Gasteiger charge is 2.30. The highest BCUT2D eigenvalue weighted by Crippen LogP contribution is 2.22. The maximum absolute atomic E-state index is 12.0. The predicted molar refractivity (Wildman–Crippen MR) is 77.4 cm³/mol. The number of nitrogens with one attached hydrogen (secondary N) is 2. The van der Waals surface area contributed by atoms with E-state index in [-0.39, 0.29) is 30.0 Å². The smallest absolute Gasteiger partial charge is 0.315 e. The summed E-state index contributed by atoms with van der Waals surface area (Å²) in [6, 6.07) is -0.774. The molecule has 0 aromatic carbocycles. The third kappa shape index (κ3) is 5.36. The molecule has 2 amide bonds. The Labute approximate surface area is 120 Å². The van der Waals surface area contributed by atoms with Crippen molar-refractivity contribution in [1.29, 1.82) is 0 Å². The summed E-state index contributed by atoms with van der Waals surface area (Å²) in [4.78, 5) is 22.9. The number of carbonyl (C=O) groups excluding carboxylic acids is 1. The van der Waals surface area contributed by atoms with Crippen LogP contribution in [0.25, 0.3) is 0 Å². The van der Waals surface area contributed by atoms with Gasteiger partial charge in [-0.2, -0.15) is 0 Å². The van der Waals surface area contributed by atoms with Crippen LogP contribution in [0.15, 0.2) is 0 Å². The molecule has 0 aromatic rings. The second kappa shape index (κ2) is 6.92. The summed E-state index contributed by atoms with van der Waals surface area (Å²) in [5.41, 5.74) is 5.67. The largest absolute Gasteiger partial charge is 0.481 e. The number of hydrogen-bond donors (Lipinski definition) is 4. The van der Waals surface area contributed by atoms with E-state index in [0.717, 1.165) is 25.7 Å². The molecule has 0 bridgehead atoms. The zero-order valence-electron chi connectivity index (χ0n) is 12.6. The van der Waals surface area contributed by atoms with Gasteiger partial charge < -0.3 is 21.5 Å². The van der Waals surface area contributed by atoms with Gasteiger partial charge in [0.1, 0.15) is 0 Å². The molecule has 1 aliphatic rings. The SMILES string of the molecule is CC(C)(C)C(CC(=O)O)NC(=O)NC1CCCCC1N. The van der Waals surface area contributed by atoms with E-state index in [4.69, 9.17) is 10.8 Å². The van der Waals surface area contributed by atoms with E-state index in [9.17, 15) is 9.59 Å². The minimum Gasteiger partial charge on any atom is -0.481 e. The first-order chi connectivity index (χ1) is 9.20. The summed E-state index contributed by atoms with van der Waals surface area (Å²) in [7, 11) is 0. The monoisotopic (exact) mass is 285 g/mol. The molecule has 20 heavy (non-hydrogen) atoms. The molecule has 3 atom stereocenters. The van der Waals surface area contributed by atoms with Crippen molar-refractivity contribution in [1.82, 2.24) is 10.6 Å². The standard InChI is InChI=1S/C14H27N3O3/c1-14(2,3)11(8-12(18)19)17-13(20)16-10-7-5-4-6-9(10)15/h9-11H,4-8,15H2,1-3H3,(H,18,19)(H2,16,17,20). The summed E-state index contributed by atoms with van der Waals surface area (Å²) < 4.78 is 0. The molecule has 0 saturated heterocycles. The molecule has 116 valence electrons. The average molecular weight is 285 g/mol. The lowest BCUT2D eigenvalue weighted by Crippen LogP contribution is -2.55. The van der Waals surface area contributed by atoms with Crippen LogP contribution in [0.4, 0.5) is 4.79 Å². The van der Waals surface area contributed by atoms with Gasteiger partial charge >= 0.3 is 12.0 Å². The number of hydrogen-bond acceptors (Lipinski definition) is 3. The van der Waals surface area contributed by atoms with Gasteiger partial charge in [0, 0.05) is 18.1 Å². The quantitative estimate of drug-likeness (QED) is 0.627. The van der Waals surface area contributed by atoms with E-state index in [0.29, 0.717) is 0 Å². The second-order valence-corrected chi connectivity index (χ2v) is 6.69. The number of nitrogens with two attached hydrogens (primary N) is 1. The molecular weight excluding hydrogens is 258 g/mol. The molecular formula is C14H27N3O3. The lowest BCUT2D eigenvalue weighted by molar-refractivity contribution is -0.138. The van der Waals surface area contributed by atoms with Crippen LogP contribution in [0.5, 0.6) is 0 Å². The van der Waals surface area contributed by atoms with Gasteiger partial charge in [0.25, 0.3) is 0 Å². The third-order valence-electron chi connectivity index (χ3n) is 3.87. The van der Waals surface area contributed by atoms with Crippen molar-refractivity contribution in [3.63, 3.8) is 0 Å². The van der Waals surface area contributed by atoms with Crippen LogP contribution >= 0.6 is 0 Å². The topological polar surface area (TPSA) is 104 Å². The molecule has 3 unspecified atom stereocenters. The van der Waals surface area contributed by atoms with Crippen LogP contribution in [0, 0.1) is 5.41 Å². The predicted octanol–water partition coefficient (Wildman–Crippen LogP) is 1.44. The number of carboxylic acids is 1. The number of carboxylic acid groups (broad SMARTS) is 1. The fraction of sp³-hybridized carbons (Fsp3) is 0.857. The minimum atomic E-state index is -0.917. The van der Waals surface area contributed by atoms with E-state index in [1.54, 1.807) is 0 Å². The van der Waals surface area contributed by atoms with Gasteiger partial charge in [-0.15, -0.1) is 0 Å². The third-order valence-corrected chi connectivity index (χ3v) is 3.87. The van der Waals surface area contributed by atoms with Gasteiger partial charge in [-0.3, -0.25) is 4.79 Å². The maximum atomic E-state index is 12.0. The number of urea groups is 1. The molecule has 6 heteroatoms. The zero-order chi connectivity index (χ0) is 15.3. The van der Waals surface area contributed by atoms with Crippen molar-refractivity contribution in [3.8, 4) is 0 Å². The van der Waals surface area contributed by atoms with E-state index < -0.39 is 12.0 Å². The van der Waals surface area contributed by atoms with Gasteiger partial charge in [-0.05, 0) is 18.3 Å². The maximum Gasteiger partial charge on any atom is 0.315 e. The molecule has 1 rings (SSSR count). The molecule has 1 fully saturated rings. The average Bonchev–Trinajstić information content (AvgIpc) is 2.29. The van der Waals surface area contributed by atoms with Crippen LogP contribution in [-0.2, 0) is 4.79 Å². The van der Waals surface area contributed by atoms with Crippen LogP contribution < -0.4 is 16.4 Å². The van der Waals surface area contributed by atoms with E-state index in [1.165, 1.54) is 0 Å². The van der Waals surface area contributed by atoms with Crippen molar-refractivity contribution in [3.05, 3.63) is 0 Å². The highest BCUT2D eigenvalue weighted by atomic mass is 16.4. The fourth-order valence-corrected chi connectivity index (χ4v) is 2.46. The molecule has 0 heterocycles. The lowest BCUT2D eigenvalue weighted by atomic mass is 9.85. The first-order valence-electron chi connectivity index (χ1n) is 7.24. The Morgan fingerprint density at radius 1 is 1.30 bits per heavy atom. The Morgan fingerprint density at radius 3 is 2.40 bits per heavy atom. The first-order valence-corrected chi connectivity index (χ1v) is 7.24. The zero-order valence-corrected chi connectivity index (χ0v) is 12.6. The fourth-order valence-electron chi connectivity index (χ4n) is 2.46. The Hall–Kier alpha value is -1.30. The van der Waals surface area contributed by atoms with Crippen LogP contribution in [0.2, 0.25) is 0 Å². The Balaban J connectivity index is 2.55. The molecule has 5 N–H and O–H groups in total. The van der Waals surface area contributed by atoms with Crippen LogP contribution in [0.1, 0.15) is 52.9 Å². The van der Waals surface area contributed by atoms with Gasteiger partial charge in [0.15, 0.2) is 0 Å². The molecule has 0 radical (unpaired) electrons. The van der Waals surface area contributed by atoms with E-state index in [1.807, 2.05) is 20.8 Å². The number of amides is 2. The Kier molecular flexibility index (Phi) is 5.80. The van der Waals surface area contributed by atoms with Crippen molar-refractivity contribution < 1.29 is 14.7 Å². The van der Waals surface area contributed by atoms with Crippen molar-refractivity contribution >= 4 is 12.0 Å². The van der Waals surface area contributed by atoms with E-state index >= 15 is 0 Å². The molecule has 1 aliphatic carbocycles. The van der Waals surface area contributed by atoms with Crippen molar-refractivity contribution in [2.45, 2.75) is 71.0 Å². The summed E-state index contributed by atoms with van der Waals surface area (Å²) in [5, 5.41) is 14.6. The number of carbonyl (C=O) groups is 2. The summed E-state index contributed by atoms with van der Waals surface area (Å²) in [6.45, 7) is 5.73. The molecule has 0 spiro atoms. The lowest BCUT2D eigenvalue weighted by Gasteiger charge is -2.33. The number of rotatable bonds is 4. The summed E-state index contributed by atoms with van der Waals surface area (Å²) in [5.74, 6) is -0.917. The van der Waals surface area contributed by atoms with Crippen molar-refractivity contribution in [2.75, 3.05) is 0 Å². The Morgan fingerprint density at radius 2 is 1.90 bits per heavy atom. The first kappa shape index (κ1) is 16.8. The van der Waals surface area contributed by atoms with Crippen LogP contribution in [0.3, 0.4) is 0 Å². The van der Waals surface area contributed by atoms with Gasteiger partial charge in [-0.25, -0.2) is 4.79 Å². The summed E-state index contributed by atoms with van der Waals surface area (Å²) >= 11 is 0. The van der Waals surface area contributed by atoms with Gasteiger partial charge in [-0.1, -0.05) is 33.6 Å². The molecule has 0 aromatic heterocycles. The highest BCUT2D eigenvalue weighted by molar-refractivity contribution is 5.76.